The minimum atomic E-state index is 0.522. The molecule has 0 spiro atoms. The van der Waals surface area contributed by atoms with Crippen molar-refractivity contribution in [3.8, 4) is 6.07 Å². The second kappa shape index (κ2) is 8.24. The van der Waals surface area contributed by atoms with Gasteiger partial charge in [0.05, 0.1) is 11.8 Å². The fourth-order valence-electron chi connectivity index (χ4n) is 9.41. The predicted octanol–water partition coefficient (Wildman–Crippen LogP) is 6.93. The smallest absolute Gasteiger partial charge is 0.102 e. The van der Waals surface area contributed by atoms with Gasteiger partial charge >= 0.3 is 0 Å². The normalized spacial score (nSPS) is 43.0. The van der Waals surface area contributed by atoms with E-state index in [1.165, 1.54) is 57.8 Å². The third-order valence-corrected chi connectivity index (χ3v) is 10.9. The van der Waals surface area contributed by atoms with Crippen LogP contribution in [0, 0.1) is 70.0 Å². The summed E-state index contributed by atoms with van der Waals surface area (Å²) in [7, 11) is 0. The first-order chi connectivity index (χ1) is 14.9. The summed E-state index contributed by atoms with van der Waals surface area (Å²) in [5, 5.41) is 13.6. The van der Waals surface area contributed by atoms with Crippen LogP contribution in [0.15, 0.2) is 12.4 Å². The molecule has 31 heavy (non-hydrogen) atoms. The van der Waals surface area contributed by atoms with Crippen LogP contribution in [0.1, 0.15) is 91.0 Å². The Morgan fingerprint density at radius 2 is 1.87 bits per heavy atom. The minimum Gasteiger partial charge on any atom is -0.271 e. The number of nitriles is 1. The van der Waals surface area contributed by atoms with Gasteiger partial charge in [0.2, 0.25) is 0 Å². The molecule has 4 aliphatic carbocycles. The first-order valence-corrected chi connectivity index (χ1v) is 13.3. The molecule has 9 unspecified atom stereocenters. The zero-order valence-electron chi connectivity index (χ0n) is 20.3. The van der Waals surface area contributed by atoms with Crippen LogP contribution < -0.4 is 0 Å². The Labute approximate surface area is 190 Å². The van der Waals surface area contributed by atoms with Gasteiger partial charge in [-0.25, -0.2) is 0 Å². The third-order valence-electron chi connectivity index (χ3n) is 10.9. The average molecular weight is 422 g/mol. The Morgan fingerprint density at radius 3 is 2.61 bits per heavy atom. The highest BCUT2D eigenvalue weighted by atomic mass is 15.3. The van der Waals surface area contributed by atoms with Crippen LogP contribution in [-0.4, -0.2) is 9.78 Å². The van der Waals surface area contributed by atoms with Crippen LogP contribution in [0.25, 0.3) is 0 Å². The van der Waals surface area contributed by atoms with Crippen molar-refractivity contribution in [2.75, 3.05) is 0 Å². The highest BCUT2D eigenvalue weighted by molar-refractivity contribution is 5.21. The van der Waals surface area contributed by atoms with Crippen LogP contribution in [0.3, 0.4) is 0 Å². The maximum absolute atomic E-state index is 9.12. The van der Waals surface area contributed by atoms with Crippen molar-refractivity contribution in [2.45, 2.75) is 92.0 Å². The molecule has 0 radical (unpaired) electrons. The largest absolute Gasteiger partial charge is 0.271 e. The first kappa shape index (κ1) is 21.5. The second-order valence-electron chi connectivity index (χ2n) is 12.5. The predicted molar refractivity (Wildman–Crippen MR) is 125 cm³/mol. The van der Waals surface area contributed by atoms with Gasteiger partial charge in [-0.2, -0.15) is 10.4 Å². The van der Waals surface area contributed by atoms with E-state index < -0.39 is 0 Å². The monoisotopic (exact) mass is 421 g/mol. The topological polar surface area (TPSA) is 41.6 Å². The molecule has 0 aliphatic heterocycles. The van der Waals surface area contributed by atoms with E-state index in [4.69, 9.17) is 5.26 Å². The van der Waals surface area contributed by atoms with Crippen molar-refractivity contribution in [3.05, 3.63) is 18.0 Å². The van der Waals surface area contributed by atoms with E-state index in [1.807, 2.05) is 10.9 Å². The van der Waals surface area contributed by atoms with Crippen molar-refractivity contribution in [1.82, 2.24) is 9.78 Å². The van der Waals surface area contributed by atoms with E-state index in [0.717, 1.165) is 53.9 Å². The van der Waals surface area contributed by atoms with Crippen LogP contribution in [-0.2, 0) is 6.54 Å². The molecule has 3 nitrogen and oxygen atoms in total. The van der Waals surface area contributed by atoms with Crippen LogP contribution in [0.5, 0.6) is 0 Å². The number of fused-ring (bicyclic) bond motifs is 5. The van der Waals surface area contributed by atoms with Crippen LogP contribution in [0.4, 0.5) is 0 Å². The molecule has 0 bridgehead atoms. The van der Waals surface area contributed by atoms with E-state index in [-0.39, 0.29) is 0 Å². The lowest BCUT2D eigenvalue weighted by molar-refractivity contribution is -0.0767. The van der Waals surface area contributed by atoms with Crippen molar-refractivity contribution in [3.63, 3.8) is 0 Å². The van der Waals surface area contributed by atoms with Gasteiger partial charge in [-0.1, -0.05) is 27.7 Å². The van der Waals surface area contributed by atoms with Gasteiger partial charge in [-0.15, -0.1) is 0 Å². The molecule has 0 aromatic carbocycles. The number of hydrogen-bond donors (Lipinski definition) is 0. The highest BCUT2D eigenvalue weighted by Crippen LogP contribution is 2.65. The van der Waals surface area contributed by atoms with E-state index >= 15 is 0 Å². The van der Waals surface area contributed by atoms with Crippen LogP contribution in [0.2, 0.25) is 0 Å². The molecule has 5 rings (SSSR count). The molecule has 9 atom stereocenters. The van der Waals surface area contributed by atoms with E-state index in [2.05, 4.69) is 38.9 Å². The van der Waals surface area contributed by atoms with Crippen molar-refractivity contribution >= 4 is 0 Å². The van der Waals surface area contributed by atoms with E-state index in [1.54, 1.807) is 6.20 Å². The van der Waals surface area contributed by atoms with Crippen molar-refractivity contribution in [1.29, 1.82) is 5.26 Å². The van der Waals surface area contributed by atoms with Gasteiger partial charge in [0.25, 0.3) is 0 Å². The Hall–Kier alpha value is -1.30. The molecular weight excluding hydrogens is 378 g/mol. The Balaban J connectivity index is 1.28. The van der Waals surface area contributed by atoms with Gasteiger partial charge in [0, 0.05) is 12.7 Å². The minimum absolute atomic E-state index is 0.522. The van der Waals surface area contributed by atoms with Gasteiger partial charge in [-0.3, -0.25) is 4.68 Å². The molecule has 1 aromatic rings. The summed E-state index contributed by atoms with van der Waals surface area (Å²) in [6.07, 6.45) is 17.0. The summed E-state index contributed by atoms with van der Waals surface area (Å²) in [5.74, 6) is 8.39. The lowest BCUT2D eigenvalue weighted by atomic mass is 9.48. The molecule has 4 fully saturated rings. The van der Waals surface area contributed by atoms with E-state index in [9.17, 15) is 0 Å². The van der Waals surface area contributed by atoms with Gasteiger partial charge < -0.3 is 0 Å². The molecule has 0 N–H and O–H groups in total. The Morgan fingerprint density at radius 1 is 1.06 bits per heavy atom. The Bertz CT molecular complexity index is 818. The van der Waals surface area contributed by atoms with Gasteiger partial charge in [0.1, 0.15) is 6.07 Å². The quantitative estimate of drug-likeness (QED) is 0.529. The molecule has 1 aromatic heterocycles. The zero-order chi connectivity index (χ0) is 21.8. The molecule has 1 heterocycles. The lowest BCUT2D eigenvalue weighted by Gasteiger charge is -2.57. The van der Waals surface area contributed by atoms with E-state index in [0.29, 0.717) is 16.9 Å². The Kier molecular flexibility index (Phi) is 5.72. The molecule has 3 heteroatoms. The fraction of sp³-hybridized carbons (Fsp3) is 0.857. The lowest BCUT2D eigenvalue weighted by Crippen LogP contribution is -2.49. The zero-order valence-corrected chi connectivity index (χ0v) is 20.3. The summed E-state index contributed by atoms with van der Waals surface area (Å²) < 4.78 is 2.02. The molecule has 4 saturated carbocycles. The maximum Gasteiger partial charge on any atom is 0.102 e. The highest BCUT2D eigenvalue weighted by Gasteiger charge is 2.57. The van der Waals surface area contributed by atoms with Crippen molar-refractivity contribution in [2.24, 2.45) is 58.7 Å². The average Bonchev–Trinajstić information content (AvgIpc) is 3.36. The number of nitrogens with zero attached hydrogens (tertiary/aromatic N) is 3. The molecule has 0 amide bonds. The third kappa shape index (κ3) is 3.67. The first-order valence-electron chi connectivity index (χ1n) is 13.3. The SMILES string of the molecule is CC(C)C1CCC2C(CCC3C2CCC2(C)C(C(C)Cn4cc(C#N)cn4)CCC32)C1. The summed E-state index contributed by atoms with van der Waals surface area (Å²) >= 11 is 0. The molecule has 4 aliphatic rings. The standard InChI is InChI=1S/C28H43N3/c1-18(2)21-5-7-23-22(13-21)6-8-25-24(23)11-12-28(4)26(9-10-27(25)28)19(3)16-31-17-20(14-29)15-30-31/h15,17-19,21-27H,5-13,16H2,1-4H3. The van der Waals surface area contributed by atoms with Gasteiger partial charge in [-0.05, 0) is 116 Å². The molecule has 170 valence electrons. The fourth-order valence-corrected chi connectivity index (χ4v) is 9.41. The summed E-state index contributed by atoms with van der Waals surface area (Å²) in [6.45, 7) is 11.0. The van der Waals surface area contributed by atoms with Crippen LogP contribution >= 0.6 is 0 Å². The van der Waals surface area contributed by atoms with Crippen molar-refractivity contribution < 1.29 is 0 Å². The number of aromatic nitrogens is 2. The van der Waals surface area contributed by atoms with Gasteiger partial charge in [0.15, 0.2) is 0 Å². The number of rotatable bonds is 4. The summed E-state index contributed by atoms with van der Waals surface area (Å²) in [4.78, 5) is 0. The summed E-state index contributed by atoms with van der Waals surface area (Å²) in [5.41, 5.74) is 1.21. The summed E-state index contributed by atoms with van der Waals surface area (Å²) in [6, 6.07) is 2.22. The molecular formula is C28H43N3. The molecule has 0 saturated heterocycles. The number of hydrogen-bond acceptors (Lipinski definition) is 2. The maximum atomic E-state index is 9.12. The second-order valence-corrected chi connectivity index (χ2v) is 12.5.